The standard InChI is InChI=1S/C16H14N4O3/c1-23-10-6-4-9(5-7-10)19-16(22)12-14(21)13-11(20-15(12)17)3-2-8-18-13/h2-8H,1H3,(H,19,22)(H3,17,20,21). The fraction of sp³-hybridized carbons (Fsp3) is 0.0625. The fourth-order valence-electron chi connectivity index (χ4n) is 2.23. The number of nitrogens with zero attached hydrogens (tertiary/aromatic N) is 1. The number of ether oxygens (including phenoxy) is 1. The molecule has 1 amide bonds. The van der Waals surface area contributed by atoms with Crippen LogP contribution in [0.25, 0.3) is 11.0 Å². The molecule has 0 aliphatic rings. The van der Waals surface area contributed by atoms with E-state index in [9.17, 15) is 9.59 Å². The second kappa shape index (κ2) is 5.80. The highest BCUT2D eigenvalue weighted by atomic mass is 16.5. The van der Waals surface area contributed by atoms with Crippen molar-refractivity contribution in [3.05, 3.63) is 58.4 Å². The molecular weight excluding hydrogens is 296 g/mol. The predicted octanol–water partition coefficient (Wildman–Crippen LogP) is 1.77. The Hall–Kier alpha value is -3.35. The van der Waals surface area contributed by atoms with Gasteiger partial charge in [-0.25, -0.2) is 0 Å². The number of hydrogen-bond donors (Lipinski definition) is 3. The molecule has 4 N–H and O–H groups in total. The summed E-state index contributed by atoms with van der Waals surface area (Å²) >= 11 is 0. The Balaban J connectivity index is 1.98. The summed E-state index contributed by atoms with van der Waals surface area (Å²) in [7, 11) is 1.55. The van der Waals surface area contributed by atoms with E-state index in [-0.39, 0.29) is 16.9 Å². The van der Waals surface area contributed by atoms with E-state index >= 15 is 0 Å². The molecule has 3 aromatic rings. The van der Waals surface area contributed by atoms with E-state index in [0.29, 0.717) is 17.0 Å². The largest absolute Gasteiger partial charge is 0.497 e. The van der Waals surface area contributed by atoms with Crippen molar-refractivity contribution in [2.24, 2.45) is 0 Å². The molecule has 0 aliphatic heterocycles. The summed E-state index contributed by atoms with van der Waals surface area (Å²) in [6.45, 7) is 0. The number of nitrogen functional groups attached to an aromatic ring is 1. The summed E-state index contributed by atoms with van der Waals surface area (Å²) in [6, 6.07) is 10.1. The van der Waals surface area contributed by atoms with Crippen LogP contribution in [-0.2, 0) is 0 Å². The van der Waals surface area contributed by atoms with Crippen LogP contribution in [0.3, 0.4) is 0 Å². The molecule has 0 saturated heterocycles. The van der Waals surface area contributed by atoms with Crippen molar-refractivity contribution in [2.75, 3.05) is 18.2 Å². The molecule has 3 rings (SSSR count). The molecular formula is C16H14N4O3. The molecule has 0 atom stereocenters. The number of nitrogens with one attached hydrogen (secondary N) is 2. The molecule has 0 bridgehead atoms. The number of fused-ring (bicyclic) bond motifs is 1. The van der Waals surface area contributed by atoms with Gasteiger partial charge in [-0.15, -0.1) is 0 Å². The Bertz CT molecular complexity index is 932. The number of amides is 1. The van der Waals surface area contributed by atoms with E-state index in [2.05, 4.69) is 15.3 Å². The minimum absolute atomic E-state index is 0.00140. The highest BCUT2D eigenvalue weighted by molar-refractivity contribution is 6.08. The van der Waals surface area contributed by atoms with Crippen molar-refractivity contribution in [2.45, 2.75) is 0 Å². The molecule has 0 fully saturated rings. The number of rotatable bonds is 3. The minimum atomic E-state index is -0.596. The molecule has 7 nitrogen and oxygen atoms in total. The molecule has 2 heterocycles. The van der Waals surface area contributed by atoms with Gasteiger partial charge < -0.3 is 20.8 Å². The number of H-pyrrole nitrogens is 1. The van der Waals surface area contributed by atoms with Gasteiger partial charge in [-0.1, -0.05) is 0 Å². The Kier molecular flexibility index (Phi) is 3.68. The fourth-order valence-corrected chi connectivity index (χ4v) is 2.23. The average Bonchev–Trinajstić information content (AvgIpc) is 2.55. The average molecular weight is 310 g/mol. The quantitative estimate of drug-likeness (QED) is 0.683. The Morgan fingerprint density at radius 2 is 2.00 bits per heavy atom. The first-order valence-corrected chi connectivity index (χ1v) is 6.82. The first kappa shape index (κ1) is 14.6. The van der Waals surface area contributed by atoms with Crippen LogP contribution in [0, 0.1) is 0 Å². The third kappa shape index (κ3) is 2.71. The monoisotopic (exact) mass is 310 g/mol. The summed E-state index contributed by atoms with van der Waals surface area (Å²) in [5.41, 5.74) is 6.33. The number of hydrogen-bond acceptors (Lipinski definition) is 5. The number of aromatic nitrogens is 2. The zero-order chi connectivity index (χ0) is 16.4. The summed E-state index contributed by atoms with van der Waals surface area (Å²) in [6.07, 6.45) is 1.49. The topological polar surface area (TPSA) is 110 Å². The zero-order valence-corrected chi connectivity index (χ0v) is 12.3. The van der Waals surface area contributed by atoms with Crippen molar-refractivity contribution in [1.82, 2.24) is 9.97 Å². The number of nitrogens with two attached hydrogens (primary N) is 1. The SMILES string of the molecule is COc1ccc(NC(=O)c2c(N)[nH]c3cccnc3c2=O)cc1. The van der Waals surface area contributed by atoms with Crippen molar-refractivity contribution >= 4 is 28.4 Å². The minimum Gasteiger partial charge on any atom is -0.497 e. The van der Waals surface area contributed by atoms with Crippen molar-refractivity contribution in [3.63, 3.8) is 0 Å². The molecule has 2 aromatic heterocycles. The lowest BCUT2D eigenvalue weighted by molar-refractivity contribution is 0.102. The molecule has 1 aromatic carbocycles. The summed E-state index contributed by atoms with van der Waals surface area (Å²) in [5, 5.41) is 2.63. The number of anilines is 2. The molecule has 23 heavy (non-hydrogen) atoms. The summed E-state index contributed by atoms with van der Waals surface area (Å²) in [5.74, 6) is 0.0678. The van der Waals surface area contributed by atoms with Gasteiger partial charge in [-0.05, 0) is 36.4 Å². The van der Waals surface area contributed by atoms with Crippen LogP contribution in [0.2, 0.25) is 0 Å². The number of aromatic amines is 1. The van der Waals surface area contributed by atoms with Crippen LogP contribution in [0.15, 0.2) is 47.4 Å². The zero-order valence-electron chi connectivity index (χ0n) is 12.3. The van der Waals surface area contributed by atoms with Gasteiger partial charge in [-0.2, -0.15) is 0 Å². The van der Waals surface area contributed by atoms with E-state index in [1.54, 1.807) is 43.5 Å². The predicted molar refractivity (Wildman–Crippen MR) is 87.7 cm³/mol. The second-order valence-electron chi connectivity index (χ2n) is 4.82. The Morgan fingerprint density at radius 1 is 1.26 bits per heavy atom. The molecule has 0 unspecified atom stereocenters. The van der Waals surface area contributed by atoms with E-state index in [1.807, 2.05) is 0 Å². The maximum absolute atomic E-state index is 12.4. The first-order chi connectivity index (χ1) is 11.1. The van der Waals surface area contributed by atoms with Crippen LogP contribution in [0.5, 0.6) is 5.75 Å². The van der Waals surface area contributed by atoms with Gasteiger partial charge >= 0.3 is 0 Å². The maximum Gasteiger partial charge on any atom is 0.263 e. The van der Waals surface area contributed by atoms with Gasteiger partial charge in [0.1, 0.15) is 22.6 Å². The van der Waals surface area contributed by atoms with Gasteiger partial charge in [0.25, 0.3) is 5.91 Å². The molecule has 0 aliphatic carbocycles. The first-order valence-electron chi connectivity index (χ1n) is 6.82. The van der Waals surface area contributed by atoms with Crippen LogP contribution in [0.4, 0.5) is 11.5 Å². The van der Waals surface area contributed by atoms with E-state index in [0.717, 1.165) is 0 Å². The second-order valence-corrected chi connectivity index (χ2v) is 4.82. The maximum atomic E-state index is 12.4. The lowest BCUT2D eigenvalue weighted by Crippen LogP contribution is -2.25. The number of methoxy groups -OCH3 is 1. The van der Waals surface area contributed by atoms with Crippen molar-refractivity contribution in [1.29, 1.82) is 0 Å². The van der Waals surface area contributed by atoms with E-state index in [1.165, 1.54) is 6.20 Å². The normalized spacial score (nSPS) is 10.5. The van der Waals surface area contributed by atoms with Gasteiger partial charge in [0.05, 0.1) is 12.6 Å². The lowest BCUT2D eigenvalue weighted by atomic mass is 10.2. The van der Waals surface area contributed by atoms with Crippen LogP contribution in [-0.4, -0.2) is 23.0 Å². The van der Waals surface area contributed by atoms with Gasteiger partial charge in [-0.3, -0.25) is 14.6 Å². The van der Waals surface area contributed by atoms with Crippen molar-refractivity contribution in [3.8, 4) is 5.75 Å². The van der Waals surface area contributed by atoms with Gasteiger partial charge in [0, 0.05) is 11.9 Å². The molecule has 116 valence electrons. The van der Waals surface area contributed by atoms with Crippen molar-refractivity contribution < 1.29 is 9.53 Å². The number of benzene rings is 1. The lowest BCUT2D eigenvalue weighted by Gasteiger charge is -2.09. The third-order valence-corrected chi connectivity index (χ3v) is 3.36. The van der Waals surface area contributed by atoms with Gasteiger partial charge in [0.15, 0.2) is 0 Å². The van der Waals surface area contributed by atoms with Gasteiger partial charge in [0.2, 0.25) is 5.43 Å². The molecule has 7 heteroatoms. The third-order valence-electron chi connectivity index (χ3n) is 3.36. The van der Waals surface area contributed by atoms with E-state index in [4.69, 9.17) is 10.5 Å². The van der Waals surface area contributed by atoms with Crippen LogP contribution < -0.4 is 21.2 Å². The highest BCUT2D eigenvalue weighted by Crippen LogP contribution is 2.17. The Morgan fingerprint density at radius 3 is 2.70 bits per heavy atom. The highest BCUT2D eigenvalue weighted by Gasteiger charge is 2.18. The summed E-state index contributed by atoms with van der Waals surface area (Å²) < 4.78 is 5.05. The molecule has 0 saturated carbocycles. The Labute approximate surface area is 131 Å². The van der Waals surface area contributed by atoms with Crippen LogP contribution >= 0.6 is 0 Å². The number of carbonyl (C=O) groups excluding carboxylic acids is 1. The van der Waals surface area contributed by atoms with E-state index < -0.39 is 11.3 Å². The number of carbonyl (C=O) groups is 1. The smallest absolute Gasteiger partial charge is 0.263 e. The summed E-state index contributed by atoms with van der Waals surface area (Å²) in [4.78, 5) is 31.6. The molecule has 0 radical (unpaired) electrons. The molecule has 0 spiro atoms. The number of pyridine rings is 2. The van der Waals surface area contributed by atoms with Crippen LogP contribution in [0.1, 0.15) is 10.4 Å².